The highest BCUT2D eigenvalue weighted by atomic mass is 32.1. The SMILES string of the molecule is c1ccc(-n2c3ccccc3c3ccc(N(c4ccc(-c5ccc6c(c5)oc5ccccc56)cc4)c4ccc(-c5cccc6sc7ccccc7c56)cc4)cc32)cc1. The minimum atomic E-state index is 0.901. The number of nitrogens with zero attached hydrogens (tertiary/aromatic N) is 2. The van der Waals surface area contributed by atoms with E-state index < -0.39 is 0 Å². The van der Waals surface area contributed by atoms with Crippen molar-refractivity contribution in [3.8, 4) is 27.9 Å². The molecule has 0 saturated carbocycles. The van der Waals surface area contributed by atoms with Crippen molar-refractivity contribution in [1.82, 2.24) is 4.57 Å². The van der Waals surface area contributed by atoms with Gasteiger partial charge in [-0.3, -0.25) is 0 Å². The Labute approximate surface area is 338 Å². The number of anilines is 3. The van der Waals surface area contributed by atoms with Gasteiger partial charge in [0.2, 0.25) is 0 Å². The standard InChI is InChI=1S/C54H34N2OS/c1-2-11-38(12-3-1)56-48-17-7-4-13-43(48)44-32-30-41(34-49(44)56)55(39-26-21-35(22-27-39)37-25-31-46-45-14-5-8-18-50(45)57-51(46)33-37)40-28-23-36(24-29-40)42-16-10-20-53-54(42)47-15-6-9-19-52(47)58-53/h1-34H. The third-order valence-electron chi connectivity index (χ3n) is 11.6. The molecule has 58 heavy (non-hydrogen) atoms. The number of hydrogen-bond donors (Lipinski definition) is 0. The van der Waals surface area contributed by atoms with Crippen LogP contribution in [0.3, 0.4) is 0 Å². The Balaban J connectivity index is 1.01. The molecule has 3 heterocycles. The summed E-state index contributed by atoms with van der Waals surface area (Å²) < 4.78 is 11.3. The summed E-state index contributed by atoms with van der Waals surface area (Å²) >= 11 is 1.86. The summed E-state index contributed by atoms with van der Waals surface area (Å²) in [6, 6.07) is 74.5. The predicted molar refractivity (Wildman–Crippen MR) is 247 cm³/mol. The molecule has 0 aliphatic rings. The van der Waals surface area contributed by atoms with E-state index in [4.69, 9.17) is 4.42 Å². The van der Waals surface area contributed by atoms with E-state index in [9.17, 15) is 0 Å². The topological polar surface area (TPSA) is 21.3 Å². The molecule has 9 aromatic carbocycles. The molecule has 272 valence electrons. The Hall–Kier alpha value is -7.40. The molecular weight excluding hydrogens is 725 g/mol. The molecule has 3 nitrogen and oxygen atoms in total. The molecule has 0 N–H and O–H groups in total. The second-order valence-corrected chi connectivity index (χ2v) is 16.0. The lowest BCUT2D eigenvalue weighted by Gasteiger charge is -2.26. The highest BCUT2D eigenvalue weighted by molar-refractivity contribution is 7.25. The van der Waals surface area contributed by atoms with Crippen LogP contribution in [0.2, 0.25) is 0 Å². The number of benzene rings is 9. The van der Waals surface area contributed by atoms with Crippen molar-refractivity contribution in [2.24, 2.45) is 0 Å². The number of thiophene rings is 1. The molecule has 0 radical (unpaired) electrons. The quantitative estimate of drug-likeness (QED) is 0.168. The second-order valence-electron chi connectivity index (χ2n) is 14.9. The van der Waals surface area contributed by atoms with E-state index in [-0.39, 0.29) is 0 Å². The number of para-hydroxylation sites is 3. The molecule has 0 fully saturated rings. The first-order valence-corrected chi connectivity index (χ1v) is 20.5. The van der Waals surface area contributed by atoms with Crippen LogP contribution in [0.1, 0.15) is 0 Å². The number of hydrogen-bond acceptors (Lipinski definition) is 3. The number of fused-ring (bicyclic) bond motifs is 9. The normalized spacial score (nSPS) is 11.8. The zero-order valence-corrected chi connectivity index (χ0v) is 32.2. The van der Waals surface area contributed by atoms with Gasteiger partial charge in [-0.25, -0.2) is 0 Å². The molecular formula is C54H34N2OS. The summed E-state index contributed by atoms with van der Waals surface area (Å²) in [7, 11) is 0. The predicted octanol–water partition coefficient (Wildman–Crippen LogP) is 15.9. The lowest BCUT2D eigenvalue weighted by molar-refractivity contribution is 0.669. The monoisotopic (exact) mass is 758 g/mol. The molecule has 0 aliphatic carbocycles. The summed E-state index contributed by atoms with van der Waals surface area (Å²) in [4.78, 5) is 2.38. The van der Waals surface area contributed by atoms with Crippen LogP contribution in [-0.4, -0.2) is 4.57 Å². The maximum Gasteiger partial charge on any atom is 0.136 e. The molecule has 4 heteroatoms. The van der Waals surface area contributed by atoms with E-state index in [2.05, 4.69) is 204 Å². The summed E-state index contributed by atoms with van der Waals surface area (Å²) in [5.74, 6) is 0. The van der Waals surface area contributed by atoms with Gasteiger partial charge in [0.1, 0.15) is 11.2 Å². The molecule has 0 atom stereocenters. The summed E-state index contributed by atoms with van der Waals surface area (Å²) in [5.41, 5.74) is 13.3. The van der Waals surface area contributed by atoms with Crippen LogP contribution in [0.15, 0.2) is 211 Å². The Bertz CT molecular complexity index is 3500. The molecule has 0 aliphatic heterocycles. The summed E-state index contributed by atoms with van der Waals surface area (Å²) in [6.07, 6.45) is 0. The molecule has 3 aromatic heterocycles. The van der Waals surface area contributed by atoms with Crippen LogP contribution < -0.4 is 4.90 Å². The van der Waals surface area contributed by atoms with Gasteiger partial charge in [0.25, 0.3) is 0 Å². The van der Waals surface area contributed by atoms with E-state index in [1.54, 1.807) is 0 Å². The van der Waals surface area contributed by atoms with Crippen molar-refractivity contribution in [3.05, 3.63) is 206 Å². The van der Waals surface area contributed by atoms with Crippen molar-refractivity contribution in [1.29, 1.82) is 0 Å². The lowest BCUT2D eigenvalue weighted by Crippen LogP contribution is -2.10. The highest BCUT2D eigenvalue weighted by Gasteiger charge is 2.19. The van der Waals surface area contributed by atoms with E-state index in [1.165, 1.54) is 53.1 Å². The molecule has 0 spiro atoms. The first kappa shape index (κ1) is 32.8. The fourth-order valence-electron chi connectivity index (χ4n) is 8.91. The minimum Gasteiger partial charge on any atom is -0.456 e. The summed E-state index contributed by atoms with van der Waals surface area (Å²) in [5, 5.41) is 7.38. The fraction of sp³-hybridized carbons (Fsp3) is 0. The average molecular weight is 759 g/mol. The van der Waals surface area contributed by atoms with E-state index in [0.29, 0.717) is 0 Å². The fourth-order valence-corrected chi connectivity index (χ4v) is 10.0. The van der Waals surface area contributed by atoms with Crippen molar-refractivity contribution < 1.29 is 4.42 Å². The van der Waals surface area contributed by atoms with E-state index in [1.807, 2.05) is 23.5 Å². The number of aromatic nitrogens is 1. The highest BCUT2D eigenvalue weighted by Crippen LogP contribution is 2.43. The van der Waals surface area contributed by atoms with Crippen molar-refractivity contribution >= 4 is 92.3 Å². The first-order valence-electron chi connectivity index (χ1n) is 19.7. The van der Waals surface area contributed by atoms with Gasteiger partial charge in [-0.1, -0.05) is 121 Å². The van der Waals surface area contributed by atoms with Crippen LogP contribution in [0.5, 0.6) is 0 Å². The Morgan fingerprint density at radius 1 is 0.379 bits per heavy atom. The Kier molecular flexibility index (Phi) is 7.40. The first-order chi connectivity index (χ1) is 28.7. The van der Waals surface area contributed by atoms with Crippen molar-refractivity contribution in [3.63, 3.8) is 0 Å². The third-order valence-corrected chi connectivity index (χ3v) is 12.7. The van der Waals surface area contributed by atoms with Gasteiger partial charge < -0.3 is 13.9 Å². The van der Waals surface area contributed by atoms with Crippen LogP contribution in [0.25, 0.3) is 91.9 Å². The van der Waals surface area contributed by atoms with Crippen LogP contribution in [0, 0.1) is 0 Å². The van der Waals surface area contributed by atoms with E-state index >= 15 is 0 Å². The molecule has 0 bridgehead atoms. The second kappa shape index (κ2) is 13.1. The van der Waals surface area contributed by atoms with Gasteiger partial charge >= 0.3 is 0 Å². The Morgan fingerprint density at radius 3 is 1.81 bits per heavy atom. The van der Waals surface area contributed by atoms with Crippen molar-refractivity contribution in [2.75, 3.05) is 4.90 Å². The van der Waals surface area contributed by atoms with Crippen LogP contribution in [-0.2, 0) is 0 Å². The maximum atomic E-state index is 6.26. The van der Waals surface area contributed by atoms with Gasteiger partial charge in [0.05, 0.1) is 11.0 Å². The third kappa shape index (κ3) is 5.19. The minimum absolute atomic E-state index is 0.901. The zero-order chi connectivity index (χ0) is 38.2. The van der Waals surface area contributed by atoms with Gasteiger partial charge in [0, 0.05) is 64.5 Å². The summed E-state index contributed by atoms with van der Waals surface area (Å²) in [6.45, 7) is 0. The van der Waals surface area contributed by atoms with E-state index in [0.717, 1.165) is 55.8 Å². The van der Waals surface area contributed by atoms with Crippen LogP contribution in [0.4, 0.5) is 17.1 Å². The average Bonchev–Trinajstić information content (AvgIpc) is 3.96. The molecule has 0 saturated heterocycles. The lowest BCUT2D eigenvalue weighted by atomic mass is 9.99. The number of rotatable bonds is 6. The van der Waals surface area contributed by atoms with Crippen LogP contribution >= 0.6 is 11.3 Å². The number of furan rings is 1. The largest absolute Gasteiger partial charge is 0.456 e. The molecule has 0 amide bonds. The van der Waals surface area contributed by atoms with Gasteiger partial charge in [-0.15, -0.1) is 11.3 Å². The molecule has 12 rings (SSSR count). The molecule has 12 aromatic rings. The van der Waals surface area contributed by atoms with Gasteiger partial charge in [-0.2, -0.15) is 0 Å². The maximum absolute atomic E-state index is 6.26. The van der Waals surface area contributed by atoms with Crippen molar-refractivity contribution in [2.45, 2.75) is 0 Å². The smallest absolute Gasteiger partial charge is 0.136 e. The zero-order valence-electron chi connectivity index (χ0n) is 31.3. The Morgan fingerprint density at radius 2 is 0.983 bits per heavy atom. The van der Waals surface area contributed by atoms with Gasteiger partial charge in [0.15, 0.2) is 0 Å². The van der Waals surface area contributed by atoms with Gasteiger partial charge in [-0.05, 0) is 107 Å². The molecule has 0 unspecified atom stereocenters.